The molecular formula is C18H12F2N4OS. The molecule has 0 bridgehead atoms. The Hall–Kier alpha value is -3.26. The van der Waals surface area contributed by atoms with Gasteiger partial charge in [-0.05, 0) is 35.2 Å². The molecule has 0 spiro atoms. The van der Waals surface area contributed by atoms with E-state index in [9.17, 15) is 13.6 Å². The summed E-state index contributed by atoms with van der Waals surface area (Å²) in [5.41, 5.74) is 12.4. The molecule has 0 aliphatic heterocycles. The molecule has 0 saturated carbocycles. The van der Waals surface area contributed by atoms with E-state index in [0.29, 0.717) is 27.1 Å². The van der Waals surface area contributed by atoms with Crippen LogP contribution in [-0.4, -0.2) is 16.1 Å². The quantitative estimate of drug-likeness (QED) is 0.477. The van der Waals surface area contributed by atoms with Crippen LogP contribution in [0.25, 0.3) is 32.6 Å². The van der Waals surface area contributed by atoms with Gasteiger partial charge in [0.2, 0.25) is 5.91 Å². The zero-order valence-corrected chi connectivity index (χ0v) is 14.0. The third-order valence-electron chi connectivity index (χ3n) is 4.13. The van der Waals surface area contributed by atoms with E-state index >= 15 is 0 Å². The van der Waals surface area contributed by atoms with Gasteiger partial charge in [-0.1, -0.05) is 12.1 Å². The summed E-state index contributed by atoms with van der Waals surface area (Å²) in [6, 6.07) is 8.93. The zero-order valence-electron chi connectivity index (χ0n) is 13.2. The normalized spacial score (nSPS) is 11.2. The molecule has 0 saturated heterocycles. The number of primary amides is 1. The molecule has 5 N–H and O–H groups in total. The Bertz CT molecular complexity index is 1170. The van der Waals surface area contributed by atoms with E-state index in [2.05, 4.69) is 10.2 Å². The first kappa shape index (κ1) is 16.2. The Morgan fingerprint density at radius 3 is 2.69 bits per heavy atom. The molecular weight excluding hydrogens is 358 g/mol. The minimum Gasteiger partial charge on any atom is -0.396 e. The smallest absolute Gasteiger partial charge is 0.250 e. The zero-order chi connectivity index (χ0) is 18.4. The average Bonchev–Trinajstić information content (AvgIpc) is 3.24. The lowest BCUT2D eigenvalue weighted by Crippen LogP contribution is -2.10. The first-order valence-electron chi connectivity index (χ1n) is 7.57. The fourth-order valence-corrected chi connectivity index (χ4v) is 3.74. The number of nitrogens with zero attached hydrogens (tertiary/aromatic N) is 1. The molecule has 130 valence electrons. The molecule has 8 heteroatoms. The number of nitrogens with one attached hydrogen (secondary N) is 1. The number of amides is 1. The topological polar surface area (TPSA) is 97.8 Å². The van der Waals surface area contributed by atoms with E-state index in [1.54, 1.807) is 29.6 Å². The number of benzene rings is 2. The van der Waals surface area contributed by atoms with Crippen LogP contribution in [0.1, 0.15) is 10.4 Å². The van der Waals surface area contributed by atoms with Gasteiger partial charge in [0.1, 0.15) is 17.0 Å². The number of nitrogen functional groups attached to an aromatic ring is 1. The molecule has 0 fully saturated rings. The van der Waals surface area contributed by atoms with Crippen LogP contribution in [0.5, 0.6) is 0 Å². The lowest BCUT2D eigenvalue weighted by atomic mass is 10.0. The van der Waals surface area contributed by atoms with E-state index in [1.807, 2.05) is 0 Å². The number of carbonyl (C=O) groups excluding carboxylic acids is 1. The molecule has 1 amide bonds. The molecule has 0 aliphatic rings. The van der Waals surface area contributed by atoms with Gasteiger partial charge in [0, 0.05) is 10.9 Å². The summed E-state index contributed by atoms with van der Waals surface area (Å²) < 4.78 is 28.7. The van der Waals surface area contributed by atoms with Gasteiger partial charge in [-0.15, -0.1) is 11.3 Å². The molecule has 2 aromatic heterocycles. The van der Waals surface area contributed by atoms with Crippen molar-refractivity contribution in [3.8, 4) is 21.7 Å². The van der Waals surface area contributed by atoms with Crippen molar-refractivity contribution in [1.82, 2.24) is 10.2 Å². The van der Waals surface area contributed by atoms with E-state index in [1.165, 1.54) is 23.5 Å². The Kier molecular flexibility index (Phi) is 3.69. The number of rotatable bonds is 3. The highest BCUT2D eigenvalue weighted by atomic mass is 32.1. The minimum absolute atomic E-state index is 0.00395. The number of nitrogens with two attached hydrogens (primary N) is 2. The van der Waals surface area contributed by atoms with Crippen LogP contribution >= 0.6 is 11.3 Å². The highest BCUT2D eigenvalue weighted by Crippen LogP contribution is 2.36. The molecule has 5 nitrogen and oxygen atoms in total. The summed E-state index contributed by atoms with van der Waals surface area (Å²) in [6.07, 6.45) is 0. The molecule has 4 aromatic rings. The standard InChI is InChI=1S/C18H12F2N4OS/c19-12-7-8(1-4-13(12)21)9-2-3-10-15(14(9)20)23-24-16(10)17-11(18(22)25)5-6-26-17/h1-7H,21H2,(H2,22,25)(H,23,24). The van der Waals surface area contributed by atoms with Crippen molar-refractivity contribution in [1.29, 1.82) is 0 Å². The fraction of sp³-hybridized carbons (Fsp3) is 0. The number of halogens is 2. The largest absolute Gasteiger partial charge is 0.396 e. The number of anilines is 1. The summed E-state index contributed by atoms with van der Waals surface area (Å²) in [6.45, 7) is 0. The van der Waals surface area contributed by atoms with Crippen LogP contribution in [0.3, 0.4) is 0 Å². The maximum atomic E-state index is 15.0. The Morgan fingerprint density at radius 1 is 1.15 bits per heavy atom. The first-order chi connectivity index (χ1) is 12.5. The van der Waals surface area contributed by atoms with Crippen LogP contribution < -0.4 is 11.5 Å². The van der Waals surface area contributed by atoms with Crippen LogP contribution in [0, 0.1) is 11.6 Å². The Balaban J connectivity index is 1.89. The van der Waals surface area contributed by atoms with Gasteiger partial charge in [-0.2, -0.15) is 5.10 Å². The second-order valence-electron chi connectivity index (χ2n) is 5.69. The van der Waals surface area contributed by atoms with Gasteiger partial charge >= 0.3 is 0 Å². The molecule has 0 atom stereocenters. The number of H-pyrrole nitrogens is 1. The van der Waals surface area contributed by atoms with Gasteiger partial charge in [0.25, 0.3) is 0 Å². The number of thiophene rings is 1. The van der Waals surface area contributed by atoms with Crippen LogP contribution in [0.15, 0.2) is 41.8 Å². The lowest BCUT2D eigenvalue weighted by molar-refractivity contribution is 0.100. The Morgan fingerprint density at radius 2 is 1.96 bits per heavy atom. The monoisotopic (exact) mass is 370 g/mol. The molecule has 26 heavy (non-hydrogen) atoms. The SMILES string of the molecule is NC(=O)c1ccsc1-c1n[nH]c2c(F)c(-c3ccc(N)c(F)c3)ccc12. The van der Waals surface area contributed by atoms with Crippen molar-refractivity contribution >= 4 is 33.8 Å². The predicted octanol–water partition coefficient (Wildman–Crippen LogP) is 3.92. The second-order valence-corrected chi connectivity index (χ2v) is 6.60. The van der Waals surface area contributed by atoms with Crippen molar-refractivity contribution in [2.45, 2.75) is 0 Å². The van der Waals surface area contributed by atoms with E-state index in [0.717, 1.165) is 0 Å². The third kappa shape index (κ3) is 2.42. The van der Waals surface area contributed by atoms with Gasteiger partial charge < -0.3 is 11.5 Å². The molecule has 0 unspecified atom stereocenters. The second kappa shape index (κ2) is 5.92. The minimum atomic E-state index is -0.614. The fourth-order valence-electron chi connectivity index (χ4n) is 2.83. The van der Waals surface area contributed by atoms with Gasteiger partial charge in [0.05, 0.1) is 16.1 Å². The number of aromatic amines is 1. The van der Waals surface area contributed by atoms with E-state index in [-0.39, 0.29) is 16.8 Å². The van der Waals surface area contributed by atoms with Crippen molar-refractivity contribution in [2.75, 3.05) is 5.73 Å². The summed E-state index contributed by atoms with van der Waals surface area (Å²) in [4.78, 5) is 12.1. The number of fused-ring (bicyclic) bond motifs is 1. The highest BCUT2D eigenvalue weighted by molar-refractivity contribution is 7.14. The highest BCUT2D eigenvalue weighted by Gasteiger charge is 2.20. The number of carbonyl (C=O) groups is 1. The number of hydrogen-bond donors (Lipinski definition) is 3. The van der Waals surface area contributed by atoms with Gasteiger partial charge in [-0.3, -0.25) is 9.89 Å². The molecule has 0 aliphatic carbocycles. The maximum absolute atomic E-state index is 15.0. The van der Waals surface area contributed by atoms with Gasteiger partial charge in [-0.25, -0.2) is 8.78 Å². The molecule has 0 radical (unpaired) electrons. The molecule has 2 heterocycles. The van der Waals surface area contributed by atoms with Crippen molar-refractivity contribution in [2.24, 2.45) is 5.73 Å². The predicted molar refractivity (Wildman–Crippen MR) is 97.7 cm³/mol. The van der Waals surface area contributed by atoms with Crippen molar-refractivity contribution < 1.29 is 13.6 Å². The van der Waals surface area contributed by atoms with Gasteiger partial charge in [0.15, 0.2) is 5.82 Å². The lowest BCUT2D eigenvalue weighted by Gasteiger charge is -2.06. The van der Waals surface area contributed by atoms with Crippen molar-refractivity contribution in [3.63, 3.8) is 0 Å². The van der Waals surface area contributed by atoms with E-state index in [4.69, 9.17) is 11.5 Å². The summed E-state index contributed by atoms with van der Waals surface area (Å²) >= 11 is 1.29. The van der Waals surface area contributed by atoms with Crippen LogP contribution in [0.4, 0.5) is 14.5 Å². The third-order valence-corrected chi connectivity index (χ3v) is 5.05. The average molecular weight is 370 g/mol. The Labute approximate surface area is 150 Å². The molecule has 4 rings (SSSR count). The summed E-state index contributed by atoms with van der Waals surface area (Å²) in [5, 5.41) is 9.04. The number of hydrogen-bond acceptors (Lipinski definition) is 4. The maximum Gasteiger partial charge on any atom is 0.250 e. The van der Waals surface area contributed by atoms with Crippen molar-refractivity contribution in [3.05, 3.63) is 59.0 Å². The number of aromatic nitrogens is 2. The molecule has 2 aromatic carbocycles. The van der Waals surface area contributed by atoms with Crippen LogP contribution in [0.2, 0.25) is 0 Å². The first-order valence-corrected chi connectivity index (χ1v) is 8.45. The van der Waals surface area contributed by atoms with Crippen LogP contribution in [-0.2, 0) is 0 Å². The van der Waals surface area contributed by atoms with E-state index < -0.39 is 17.5 Å². The summed E-state index contributed by atoms with van der Waals surface area (Å²) in [7, 11) is 0. The summed E-state index contributed by atoms with van der Waals surface area (Å²) in [5.74, 6) is -1.76.